The first-order valence-corrected chi connectivity index (χ1v) is 7.66. The van der Waals surface area contributed by atoms with E-state index >= 15 is 0 Å². The van der Waals surface area contributed by atoms with Crippen molar-refractivity contribution in [1.29, 1.82) is 0 Å². The molecular formula is C16H23FN2O. The Morgan fingerprint density at radius 3 is 2.50 bits per heavy atom. The van der Waals surface area contributed by atoms with Gasteiger partial charge in [0.05, 0.1) is 0 Å². The van der Waals surface area contributed by atoms with Gasteiger partial charge in [0, 0.05) is 44.3 Å². The molecule has 1 N–H and O–H groups in total. The monoisotopic (exact) mass is 278 g/mol. The number of phenolic OH excluding ortho intramolecular Hbond substituents is 1. The molecule has 0 unspecified atom stereocenters. The Labute approximate surface area is 120 Å². The van der Waals surface area contributed by atoms with E-state index in [1.54, 1.807) is 0 Å². The topological polar surface area (TPSA) is 26.7 Å². The van der Waals surface area contributed by atoms with E-state index in [4.69, 9.17) is 0 Å². The van der Waals surface area contributed by atoms with Crippen molar-refractivity contribution < 1.29 is 9.50 Å². The third-order valence-corrected chi connectivity index (χ3v) is 4.68. The summed E-state index contributed by atoms with van der Waals surface area (Å²) in [5, 5.41) is 9.79. The smallest absolute Gasteiger partial charge is 0.123 e. The minimum Gasteiger partial charge on any atom is -0.508 e. The Bertz CT molecular complexity index is 452. The molecule has 1 aromatic carbocycles. The Morgan fingerprint density at radius 1 is 1.10 bits per heavy atom. The minimum absolute atomic E-state index is 0.199. The van der Waals surface area contributed by atoms with E-state index in [0.29, 0.717) is 12.1 Å². The fourth-order valence-corrected chi connectivity index (χ4v) is 3.48. The maximum Gasteiger partial charge on any atom is 0.123 e. The molecule has 20 heavy (non-hydrogen) atoms. The van der Waals surface area contributed by atoms with Crippen molar-refractivity contribution in [2.45, 2.75) is 38.3 Å². The molecule has 2 aliphatic rings. The zero-order valence-corrected chi connectivity index (χ0v) is 11.9. The Hall–Kier alpha value is -1.13. The van der Waals surface area contributed by atoms with E-state index in [-0.39, 0.29) is 11.6 Å². The lowest BCUT2D eigenvalue weighted by Gasteiger charge is -2.38. The zero-order chi connectivity index (χ0) is 13.9. The second-order valence-corrected chi connectivity index (χ2v) is 6.02. The largest absolute Gasteiger partial charge is 0.508 e. The number of phenols is 1. The Kier molecular flexibility index (Phi) is 4.22. The van der Waals surface area contributed by atoms with Gasteiger partial charge in [-0.25, -0.2) is 4.39 Å². The van der Waals surface area contributed by atoms with Gasteiger partial charge >= 0.3 is 0 Å². The first-order valence-electron chi connectivity index (χ1n) is 7.66. The van der Waals surface area contributed by atoms with Gasteiger partial charge in [-0.05, 0) is 31.0 Å². The van der Waals surface area contributed by atoms with Crippen LogP contribution in [0.15, 0.2) is 18.2 Å². The van der Waals surface area contributed by atoms with Crippen molar-refractivity contribution in [2.24, 2.45) is 0 Å². The van der Waals surface area contributed by atoms with E-state index in [2.05, 4.69) is 9.80 Å². The molecule has 0 aromatic heterocycles. The molecule has 0 atom stereocenters. The van der Waals surface area contributed by atoms with Crippen LogP contribution in [0.2, 0.25) is 0 Å². The first kappa shape index (κ1) is 13.8. The zero-order valence-electron chi connectivity index (χ0n) is 11.9. The lowest BCUT2D eigenvalue weighted by Crippen LogP contribution is -2.49. The lowest BCUT2D eigenvalue weighted by atomic mass is 10.1. The van der Waals surface area contributed by atoms with Crippen molar-refractivity contribution in [2.75, 3.05) is 26.2 Å². The van der Waals surface area contributed by atoms with Crippen LogP contribution in [0.3, 0.4) is 0 Å². The van der Waals surface area contributed by atoms with Crippen LogP contribution in [0.4, 0.5) is 4.39 Å². The molecule has 0 radical (unpaired) electrons. The molecule has 1 heterocycles. The quantitative estimate of drug-likeness (QED) is 0.920. The van der Waals surface area contributed by atoms with Crippen LogP contribution in [0, 0.1) is 5.82 Å². The van der Waals surface area contributed by atoms with Crippen molar-refractivity contribution in [3.05, 3.63) is 29.6 Å². The molecule has 1 aromatic rings. The fraction of sp³-hybridized carbons (Fsp3) is 0.625. The summed E-state index contributed by atoms with van der Waals surface area (Å²) in [7, 11) is 0. The highest BCUT2D eigenvalue weighted by Gasteiger charge is 2.26. The molecule has 4 heteroatoms. The average Bonchev–Trinajstić information content (AvgIpc) is 2.98. The van der Waals surface area contributed by atoms with E-state index < -0.39 is 0 Å². The van der Waals surface area contributed by atoms with Gasteiger partial charge in [-0.3, -0.25) is 9.80 Å². The lowest BCUT2D eigenvalue weighted by molar-refractivity contribution is 0.0931. The first-order chi connectivity index (χ1) is 9.72. The number of benzene rings is 1. The van der Waals surface area contributed by atoms with Gasteiger partial charge < -0.3 is 5.11 Å². The van der Waals surface area contributed by atoms with Gasteiger partial charge in [-0.15, -0.1) is 0 Å². The van der Waals surface area contributed by atoms with Crippen molar-refractivity contribution >= 4 is 0 Å². The summed E-state index contributed by atoms with van der Waals surface area (Å²) >= 11 is 0. The third kappa shape index (κ3) is 3.13. The highest BCUT2D eigenvalue weighted by molar-refractivity contribution is 5.32. The molecule has 2 fully saturated rings. The van der Waals surface area contributed by atoms with Crippen LogP contribution >= 0.6 is 0 Å². The summed E-state index contributed by atoms with van der Waals surface area (Å²) in [6, 6.07) is 4.98. The summed E-state index contributed by atoms with van der Waals surface area (Å²) in [5.74, 6) is -0.0768. The van der Waals surface area contributed by atoms with E-state index in [9.17, 15) is 9.50 Å². The van der Waals surface area contributed by atoms with Crippen LogP contribution in [0.5, 0.6) is 5.75 Å². The maximum atomic E-state index is 13.2. The van der Waals surface area contributed by atoms with Crippen LogP contribution in [0.25, 0.3) is 0 Å². The molecular weight excluding hydrogens is 255 g/mol. The molecule has 0 amide bonds. The Balaban J connectivity index is 1.54. The van der Waals surface area contributed by atoms with Crippen LogP contribution in [0.1, 0.15) is 31.2 Å². The summed E-state index contributed by atoms with van der Waals surface area (Å²) < 4.78 is 13.2. The fourth-order valence-electron chi connectivity index (χ4n) is 3.48. The molecule has 3 rings (SSSR count). The predicted molar refractivity (Wildman–Crippen MR) is 77.2 cm³/mol. The molecule has 0 spiro atoms. The normalized spacial score (nSPS) is 22.4. The number of piperazine rings is 1. The van der Waals surface area contributed by atoms with E-state index in [1.165, 1.54) is 43.9 Å². The maximum absolute atomic E-state index is 13.2. The molecule has 0 bridgehead atoms. The van der Waals surface area contributed by atoms with Crippen LogP contribution < -0.4 is 0 Å². The number of hydrogen-bond acceptors (Lipinski definition) is 3. The third-order valence-electron chi connectivity index (χ3n) is 4.68. The van der Waals surface area contributed by atoms with Crippen molar-refractivity contribution in [1.82, 2.24) is 9.80 Å². The summed E-state index contributed by atoms with van der Waals surface area (Å²) in [6.45, 7) is 4.85. The Morgan fingerprint density at radius 2 is 1.80 bits per heavy atom. The molecule has 1 aliphatic carbocycles. The van der Waals surface area contributed by atoms with Gasteiger partial charge in [0.15, 0.2) is 0 Å². The van der Waals surface area contributed by atoms with Gasteiger partial charge in [0.2, 0.25) is 0 Å². The minimum atomic E-state index is -0.276. The number of hydrogen-bond donors (Lipinski definition) is 1. The molecule has 1 saturated carbocycles. The highest BCUT2D eigenvalue weighted by atomic mass is 19.1. The SMILES string of the molecule is Oc1ccc(F)cc1CN1CCN(C2CCCC2)CC1. The van der Waals surface area contributed by atoms with Crippen LogP contribution in [-0.4, -0.2) is 47.1 Å². The van der Waals surface area contributed by atoms with Gasteiger partial charge in [0.1, 0.15) is 11.6 Å². The second-order valence-electron chi connectivity index (χ2n) is 6.02. The number of nitrogens with zero attached hydrogens (tertiary/aromatic N) is 2. The standard InChI is InChI=1S/C16H23FN2O/c17-14-5-6-16(20)13(11-14)12-18-7-9-19(10-8-18)15-3-1-2-4-15/h5-6,11,15,20H,1-4,7-10,12H2. The van der Waals surface area contributed by atoms with Crippen molar-refractivity contribution in [3.8, 4) is 5.75 Å². The highest BCUT2D eigenvalue weighted by Crippen LogP contribution is 2.25. The summed E-state index contributed by atoms with van der Waals surface area (Å²) in [6.07, 6.45) is 5.46. The van der Waals surface area contributed by atoms with Crippen molar-refractivity contribution in [3.63, 3.8) is 0 Å². The molecule has 1 saturated heterocycles. The average molecular weight is 278 g/mol. The van der Waals surface area contributed by atoms with E-state index in [1.807, 2.05) is 0 Å². The second kappa shape index (κ2) is 6.10. The molecule has 3 nitrogen and oxygen atoms in total. The van der Waals surface area contributed by atoms with Gasteiger partial charge in [-0.2, -0.15) is 0 Å². The van der Waals surface area contributed by atoms with E-state index in [0.717, 1.165) is 32.2 Å². The number of halogens is 1. The van der Waals surface area contributed by atoms with Gasteiger partial charge in [0.25, 0.3) is 0 Å². The van der Waals surface area contributed by atoms with Gasteiger partial charge in [-0.1, -0.05) is 12.8 Å². The number of rotatable bonds is 3. The predicted octanol–water partition coefficient (Wildman–Crippen LogP) is 2.59. The number of aromatic hydroxyl groups is 1. The summed E-state index contributed by atoms with van der Waals surface area (Å²) in [4.78, 5) is 4.91. The van der Waals surface area contributed by atoms with Crippen LogP contribution in [-0.2, 0) is 6.54 Å². The molecule has 1 aliphatic heterocycles. The summed E-state index contributed by atoms with van der Waals surface area (Å²) in [5.41, 5.74) is 0.694. The molecule has 110 valence electrons.